The van der Waals surface area contributed by atoms with E-state index in [1.165, 1.54) is 12.3 Å². The minimum Gasteiger partial charge on any atom is -0.461 e. The highest BCUT2D eigenvalue weighted by Crippen LogP contribution is 2.26. The van der Waals surface area contributed by atoms with Crippen molar-refractivity contribution in [1.29, 1.82) is 0 Å². The molecule has 5 heteroatoms. The maximum atomic E-state index is 12.2. The van der Waals surface area contributed by atoms with Gasteiger partial charge >= 0.3 is 11.8 Å². The van der Waals surface area contributed by atoms with Gasteiger partial charge in [-0.1, -0.05) is 60.7 Å². The summed E-state index contributed by atoms with van der Waals surface area (Å²) < 4.78 is 10.4. The molecule has 5 nitrogen and oxygen atoms in total. The average molecular weight is 324 g/mol. The van der Waals surface area contributed by atoms with Crippen LogP contribution in [0, 0.1) is 0 Å². The highest BCUT2D eigenvalue weighted by molar-refractivity contribution is 6.39. The van der Waals surface area contributed by atoms with Gasteiger partial charge in [-0.15, -0.1) is 0 Å². The maximum absolute atomic E-state index is 12.2. The van der Waals surface area contributed by atoms with Crippen LogP contribution in [0.2, 0.25) is 0 Å². The number of hydrogen-bond donors (Lipinski definition) is 0. The summed E-state index contributed by atoms with van der Waals surface area (Å²) in [5.74, 6) is -1.78. The van der Waals surface area contributed by atoms with E-state index in [2.05, 4.69) is 0 Å². The van der Waals surface area contributed by atoms with E-state index in [9.17, 15) is 9.59 Å². The predicted octanol–water partition coefficient (Wildman–Crippen LogP) is 2.97. The van der Waals surface area contributed by atoms with E-state index in [-0.39, 0.29) is 11.2 Å². The molecule has 0 spiro atoms. The van der Waals surface area contributed by atoms with Crippen LogP contribution < -0.4 is 0 Å². The van der Waals surface area contributed by atoms with Gasteiger partial charge in [-0.25, -0.2) is 4.79 Å². The van der Waals surface area contributed by atoms with Gasteiger partial charge in [-0.3, -0.25) is 4.79 Å². The third-order valence-corrected chi connectivity index (χ3v) is 3.36. The first kappa shape index (κ1) is 17.2. The summed E-state index contributed by atoms with van der Waals surface area (Å²) in [5, 5.41) is 0. The fraction of sp³-hybridized carbons (Fsp3) is 0.0526. The standard InChI is InChI=1S/C19H14O4.H2O/c20-17(16-12-7-13-22-16)19(21)23-18(14-8-3-1-4-9-14)15-10-5-2-6-11-15;/h1-13,18H;1H2. The van der Waals surface area contributed by atoms with Crippen molar-refractivity contribution >= 4 is 11.8 Å². The van der Waals surface area contributed by atoms with Crippen LogP contribution in [0.3, 0.4) is 0 Å². The Balaban J connectivity index is 0.00000208. The molecule has 122 valence electrons. The third-order valence-electron chi connectivity index (χ3n) is 3.36. The number of carbonyl (C=O) groups excluding carboxylic acids is 2. The van der Waals surface area contributed by atoms with E-state index in [1.54, 1.807) is 6.07 Å². The molecule has 1 aromatic heterocycles. The number of furan rings is 1. The minimum atomic E-state index is -0.947. The SMILES string of the molecule is O.O=C(OC(c1ccccc1)c1ccccc1)C(=O)c1ccco1. The van der Waals surface area contributed by atoms with Crippen LogP contribution >= 0.6 is 0 Å². The molecular weight excluding hydrogens is 308 g/mol. The van der Waals surface area contributed by atoms with Crippen molar-refractivity contribution in [2.45, 2.75) is 6.10 Å². The first-order chi connectivity index (χ1) is 11.3. The molecule has 0 aliphatic rings. The van der Waals surface area contributed by atoms with Crippen LogP contribution in [0.15, 0.2) is 83.5 Å². The Bertz CT molecular complexity index is 740. The summed E-state index contributed by atoms with van der Waals surface area (Å²) >= 11 is 0. The Labute approximate surface area is 138 Å². The van der Waals surface area contributed by atoms with Gasteiger partial charge < -0.3 is 14.6 Å². The number of esters is 1. The van der Waals surface area contributed by atoms with Crippen LogP contribution in [0.4, 0.5) is 0 Å². The number of Topliss-reactive ketones (excluding diaryl/α,β-unsaturated/α-hetero) is 1. The summed E-state index contributed by atoms with van der Waals surface area (Å²) in [4.78, 5) is 24.2. The van der Waals surface area contributed by atoms with E-state index >= 15 is 0 Å². The summed E-state index contributed by atoms with van der Waals surface area (Å²) in [6, 6.07) is 21.6. The van der Waals surface area contributed by atoms with Crippen molar-refractivity contribution in [3.05, 3.63) is 95.9 Å². The molecule has 0 aliphatic carbocycles. The van der Waals surface area contributed by atoms with Crippen LogP contribution in [0.25, 0.3) is 0 Å². The van der Waals surface area contributed by atoms with Gasteiger partial charge in [0.25, 0.3) is 0 Å². The molecule has 0 radical (unpaired) electrons. The second-order valence-electron chi connectivity index (χ2n) is 4.91. The quantitative estimate of drug-likeness (QED) is 0.410. The first-order valence-electron chi connectivity index (χ1n) is 7.14. The van der Waals surface area contributed by atoms with Crippen LogP contribution in [0.1, 0.15) is 27.8 Å². The fourth-order valence-electron chi connectivity index (χ4n) is 2.25. The second-order valence-corrected chi connectivity index (χ2v) is 4.91. The molecular formula is C19H16O5. The summed E-state index contributed by atoms with van der Waals surface area (Å²) in [7, 11) is 0. The highest BCUT2D eigenvalue weighted by Gasteiger charge is 2.26. The number of rotatable bonds is 5. The molecule has 2 aromatic carbocycles. The van der Waals surface area contributed by atoms with Crippen molar-refractivity contribution in [2.75, 3.05) is 0 Å². The molecule has 24 heavy (non-hydrogen) atoms. The maximum Gasteiger partial charge on any atom is 0.384 e. The van der Waals surface area contributed by atoms with Gasteiger partial charge in [0, 0.05) is 0 Å². The molecule has 0 atom stereocenters. The molecule has 0 bridgehead atoms. The zero-order valence-corrected chi connectivity index (χ0v) is 12.7. The fourth-order valence-corrected chi connectivity index (χ4v) is 2.25. The predicted molar refractivity (Wildman–Crippen MR) is 87.5 cm³/mol. The number of benzene rings is 2. The van der Waals surface area contributed by atoms with Gasteiger partial charge in [0.1, 0.15) is 0 Å². The second kappa shape index (κ2) is 7.89. The Hall–Kier alpha value is -3.18. The zero-order valence-electron chi connectivity index (χ0n) is 12.7. The molecule has 3 rings (SSSR count). The molecule has 0 unspecified atom stereocenters. The lowest BCUT2D eigenvalue weighted by Crippen LogP contribution is -2.20. The lowest BCUT2D eigenvalue weighted by Gasteiger charge is -2.18. The van der Waals surface area contributed by atoms with Gasteiger partial charge in [-0.05, 0) is 23.3 Å². The highest BCUT2D eigenvalue weighted by atomic mass is 16.5. The minimum absolute atomic E-state index is 0. The van der Waals surface area contributed by atoms with Crippen molar-refractivity contribution in [3.63, 3.8) is 0 Å². The van der Waals surface area contributed by atoms with Crippen molar-refractivity contribution in [3.8, 4) is 0 Å². The van der Waals surface area contributed by atoms with Gasteiger partial charge in [0.05, 0.1) is 6.26 Å². The number of ether oxygens (including phenoxy) is 1. The van der Waals surface area contributed by atoms with Gasteiger partial charge in [0.2, 0.25) is 0 Å². The van der Waals surface area contributed by atoms with Crippen LogP contribution in [0.5, 0.6) is 0 Å². The lowest BCUT2D eigenvalue weighted by atomic mass is 10.0. The summed E-state index contributed by atoms with van der Waals surface area (Å²) in [6.45, 7) is 0. The van der Waals surface area contributed by atoms with Gasteiger partial charge in [-0.2, -0.15) is 0 Å². The molecule has 3 aromatic rings. The Morgan fingerprint density at radius 2 is 1.33 bits per heavy atom. The van der Waals surface area contributed by atoms with Crippen molar-refractivity contribution in [1.82, 2.24) is 0 Å². The number of ketones is 1. The van der Waals surface area contributed by atoms with E-state index in [0.717, 1.165) is 11.1 Å². The largest absolute Gasteiger partial charge is 0.461 e. The Kier molecular flexibility index (Phi) is 5.65. The monoisotopic (exact) mass is 324 g/mol. The van der Waals surface area contributed by atoms with Crippen molar-refractivity contribution < 1.29 is 24.2 Å². The van der Waals surface area contributed by atoms with E-state index < -0.39 is 17.9 Å². The van der Waals surface area contributed by atoms with Gasteiger partial charge in [0.15, 0.2) is 11.9 Å². The topological polar surface area (TPSA) is 88.0 Å². The molecule has 1 heterocycles. The lowest BCUT2D eigenvalue weighted by molar-refractivity contribution is -0.141. The number of hydrogen-bond acceptors (Lipinski definition) is 4. The van der Waals surface area contributed by atoms with E-state index in [1.807, 2.05) is 60.7 Å². The zero-order chi connectivity index (χ0) is 16.1. The molecule has 0 amide bonds. The molecule has 2 N–H and O–H groups in total. The van der Waals surface area contributed by atoms with Crippen molar-refractivity contribution in [2.24, 2.45) is 0 Å². The normalized spacial score (nSPS) is 10.0. The average Bonchev–Trinajstić information content (AvgIpc) is 3.15. The number of carbonyl (C=O) groups is 2. The molecule has 0 saturated carbocycles. The molecule has 0 saturated heterocycles. The van der Waals surface area contributed by atoms with E-state index in [4.69, 9.17) is 9.15 Å². The van der Waals surface area contributed by atoms with Crippen LogP contribution in [-0.2, 0) is 9.53 Å². The first-order valence-corrected chi connectivity index (χ1v) is 7.14. The summed E-state index contributed by atoms with van der Waals surface area (Å²) in [5.41, 5.74) is 1.58. The molecule has 0 fully saturated rings. The summed E-state index contributed by atoms with van der Waals surface area (Å²) in [6.07, 6.45) is 0.690. The molecule has 0 aliphatic heterocycles. The Morgan fingerprint density at radius 3 is 1.79 bits per heavy atom. The van der Waals surface area contributed by atoms with E-state index in [0.29, 0.717) is 0 Å². The van der Waals surface area contributed by atoms with Crippen LogP contribution in [-0.4, -0.2) is 17.2 Å². The Morgan fingerprint density at radius 1 is 0.792 bits per heavy atom. The smallest absolute Gasteiger partial charge is 0.384 e. The third kappa shape index (κ3) is 3.77.